The average molecular weight is 549 g/mol. The minimum Gasteiger partial charge on any atom is -0.489 e. The van der Waals surface area contributed by atoms with E-state index in [1.54, 1.807) is 42.5 Å². The maximum absolute atomic E-state index is 13.9. The van der Waals surface area contributed by atoms with Gasteiger partial charge in [-0.2, -0.15) is 4.31 Å². The van der Waals surface area contributed by atoms with E-state index >= 15 is 0 Å². The van der Waals surface area contributed by atoms with Gasteiger partial charge in [-0.25, -0.2) is 18.0 Å². The molecule has 3 aromatic carbocycles. The molecule has 0 spiro atoms. The van der Waals surface area contributed by atoms with E-state index in [4.69, 9.17) is 10.5 Å². The summed E-state index contributed by atoms with van der Waals surface area (Å²) in [5.74, 6) is -1.92. The first-order chi connectivity index (χ1) is 18.6. The zero-order valence-corrected chi connectivity index (χ0v) is 21.6. The Morgan fingerprint density at radius 2 is 1.69 bits per heavy atom. The molecule has 2 atom stereocenters. The smallest absolute Gasteiger partial charge is 0.427 e. The molecule has 1 heterocycles. The highest BCUT2D eigenvalue weighted by molar-refractivity contribution is 7.89. The van der Waals surface area contributed by atoms with E-state index in [1.807, 2.05) is 0 Å². The van der Waals surface area contributed by atoms with Gasteiger partial charge in [-0.15, -0.1) is 10.2 Å². The molecule has 3 aromatic rings. The number of carbonyl (C=O) groups is 3. The highest BCUT2D eigenvalue weighted by atomic mass is 32.2. The van der Waals surface area contributed by atoms with Crippen LogP contribution in [0.2, 0.25) is 0 Å². The number of fused-ring (bicyclic) bond motifs is 1. The van der Waals surface area contributed by atoms with Gasteiger partial charge in [0.2, 0.25) is 10.0 Å². The third-order valence-corrected chi connectivity index (χ3v) is 8.33. The van der Waals surface area contributed by atoms with Crippen LogP contribution in [-0.2, 0) is 21.4 Å². The van der Waals surface area contributed by atoms with Gasteiger partial charge in [0.15, 0.2) is 11.7 Å². The lowest BCUT2D eigenvalue weighted by molar-refractivity contribution is -0.141. The molecule has 4 rings (SSSR count). The van der Waals surface area contributed by atoms with Gasteiger partial charge in [-0.05, 0) is 42.5 Å². The van der Waals surface area contributed by atoms with E-state index < -0.39 is 51.5 Å². The first kappa shape index (κ1) is 27.5. The number of nitrogens with two attached hydrogens (primary N) is 1. The van der Waals surface area contributed by atoms with Crippen molar-refractivity contribution >= 4 is 33.6 Å². The maximum Gasteiger partial charge on any atom is 0.427 e. The number of primary amides is 1. The van der Waals surface area contributed by atoms with E-state index in [9.17, 15) is 27.9 Å². The number of aliphatic carboxylic acids is 1. The second-order valence-electron chi connectivity index (χ2n) is 8.73. The molecular weight excluding hydrogens is 522 g/mol. The van der Waals surface area contributed by atoms with Crippen molar-refractivity contribution in [1.29, 1.82) is 0 Å². The van der Waals surface area contributed by atoms with E-state index in [0.717, 1.165) is 4.31 Å². The van der Waals surface area contributed by atoms with E-state index in [1.165, 1.54) is 42.5 Å². The molecule has 0 fully saturated rings. The van der Waals surface area contributed by atoms with Crippen LogP contribution >= 0.6 is 0 Å². The molecule has 200 valence electrons. The molecule has 0 saturated carbocycles. The average Bonchev–Trinajstić information content (AvgIpc) is 3.10. The number of amides is 3. The van der Waals surface area contributed by atoms with Crippen molar-refractivity contribution in [2.24, 2.45) is 5.73 Å². The van der Waals surface area contributed by atoms with Gasteiger partial charge in [0.1, 0.15) is 18.9 Å². The Kier molecular flexibility index (Phi) is 7.80. The first-order valence-electron chi connectivity index (χ1n) is 11.8. The molecule has 3 amide bonds. The lowest BCUT2D eigenvalue weighted by atomic mass is 10.1. The van der Waals surface area contributed by atoms with Gasteiger partial charge in [0.25, 0.3) is 0 Å². The second kappa shape index (κ2) is 11.1. The van der Waals surface area contributed by atoms with Crippen LogP contribution in [0.25, 0.3) is 0 Å². The van der Waals surface area contributed by atoms with Crippen LogP contribution in [0.15, 0.2) is 102 Å². The highest BCUT2D eigenvalue weighted by Crippen LogP contribution is 2.37. The summed E-state index contributed by atoms with van der Waals surface area (Å²) in [6, 6.07) is 16.6. The third-order valence-electron chi connectivity index (χ3n) is 6.46. The summed E-state index contributed by atoms with van der Waals surface area (Å²) in [5, 5.41) is 10.2. The normalized spacial score (nSPS) is 19.1. The van der Waals surface area contributed by atoms with Crippen molar-refractivity contribution < 1.29 is 32.6 Å². The number of nitrogens with zero attached hydrogens (tertiary/aromatic N) is 2. The van der Waals surface area contributed by atoms with E-state index in [2.05, 4.69) is 12.3 Å². The maximum atomic E-state index is 13.9. The molecule has 2 unspecified atom stereocenters. The Balaban J connectivity index is 1.85. The van der Waals surface area contributed by atoms with Gasteiger partial charge in [-0.1, -0.05) is 43.0 Å². The third kappa shape index (κ3) is 5.12. The fourth-order valence-electron chi connectivity index (χ4n) is 4.54. The van der Waals surface area contributed by atoms with Crippen molar-refractivity contribution in [1.82, 2.24) is 8.79 Å². The second-order valence-corrected chi connectivity index (χ2v) is 10.6. The number of carboxylic acids is 1. The summed E-state index contributed by atoms with van der Waals surface area (Å²) in [5.41, 5.74) is 8.91. The molecule has 39 heavy (non-hydrogen) atoms. The first-order valence-corrected chi connectivity index (χ1v) is 13.2. The van der Waals surface area contributed by atoms with Crippen LogP contribution in [-0.4, -0.2) is 54.9 Å². The predicted octanol–water partition coefficient (Wildman–Crippen LogP) is 3.29. The Labute approximate surface area is 225 Å². The Bertz CT molecular complexity index is 1570. The highest BCUT2D eigenvalue weighted by Gasteiger charge is 2.55. The number of benzene rings is 3. The zero-order chi connectivity index (χ0) is 28.2. The molecule has 11 heteroatoms. The van der Waals surface area contributed by atoms with Crippen molar-refractivity contribution in [3.8, 4) is 5.75 Å². The van der Waals surface area contributed by atoms with Gasteiger partial charge in [0.05, 0.1) is 10.5 Å². The number of hydrogen-bond acceptors (Lipinski definition) is 6. The molecule has 1 aliphatic heterocycles. The van der Waals surface area contributed by atoms with Crippen molar-refractivity contribution in [3.63, 3.8) is 0 Å². The summed E-state index contributed by atoms with van der Waals surface area (Å²) >= 11 is 0. The summed E-state index contributed by atoms with van der Waals surface area (Å²) in [7, 11) is -4.44. The topological polar surface area (TPSA) is 144 Å². The minimum atomic E-state index is -4.44. The molecule has 10 nitrogen and oxygen atoms in total. The monoisotopic (exact) mass is 548 g/mol. The predicted molar refractivity (Wildman–Crippen MR) is 143 cm³/mol. The Morgan fingerprint density at radius 3 is 2.31 bits per heavy atom. The number of sulfonamides is 1. The van der Waals surface area contributed by atoms with Crippen LogP contribution in [0, 0.1) is 0 Å². The Hall–Kier alpha value is -4.54. The van der Waals surface area contributed by atoms with Crippen molar-refractivity contribution in [3.05, 3.63) is 108 Å². The molecule has 0 aromatic heterocycles. The number of imide groups is 1. The van der Waals surface area contributed by atoms with Crippen LogP contribution < -0.4 is 15.0 Å². The number of carboxylic acid groups (broad SMARTS) is 1. The lowest BCUT2D eigenvalue weighted by Crippen LogP contribution is -2.66. The number of ether oxygens (including phenoxy) is 1. The SMILES string of the molecule is C=C=CCOc1ccc(S(=O)(=O)N2Cc3ccccc3[N+](C(N)=O)(C(=O)c3ccccc3)CC2C(=O)O)cc1. The van der Waals surface area contributed by atoms with Gasteiger partial charge in [0, 0.05) is 18.2 Å². The quantitative estimate of drug-likeness (QED) is 0.341. The van der Waals surface area contributed by atoms with Crippen LogP contribution in [0.4, 0.5) is 10.5 Å². The van der Waals surface area contributed by atoms with Gasteiger partial charge < -0.3 is 15.6 Å². The van der Waals surface area contributed by atoms with E-state index in [-0.39, 0.29) is 28.3 Å². The summed E-state index contributed by atoms with van der Waals surface area (Å²) in [4.78, 5) is 39.5. The van der Waals surface area contributed by atoms with Crippen molar-refractivity contribution in [2.45, 2.75) is 17.5 Å². The summed E-state index contributed by atoms with van der Waals surface area (Å²) < 4.78 is 32.7. The largest absolute Gasteiger partial charge is 0.489 e. The number of quaternary nitrogens is 1. The molecule has 3 N–H and O–H groups in total. The minimum absolute atomic E-state index is 0.113. The van der Waals surface area contributed by atoms with Crippen LogP contribution in [0.5, 0.6) is 5.75 Å². The van der Waals surface area contributed by atoms with Crippen LogP contribution in [0.3, 0.4) is 0 Å². The molecule has 0 bridgehead atoms. The molecule has 0 saturated heterocycles. The zero-order valence-electron chi connectivity index (χ0n) is 20.8. The number of carbonyl (C=O) groups excluding carboxylic acids is 2. The molecular formula is C28H26N3O7S+. The number of hydrogen-bond donors (Lipinski definition) is 2. The number of rotatable bonds is 7. The fourth-order valence-corrected chi connectivity index (χ4v) is 6.09. The van der Waals surface area contributed by atoms with Crippen LogP contribution in [0.1, 0.15) is 15.9 Å². The van der Waals surface area contributed by atoms with Crippen molar-refractivity contribution in [2.75, 3.05) is 13.2 Å². The standard InChI is InChI=1S/C28H25N3O7S/c1-2-3-17-38-22-13-15-23(16-14-22)39(36,37)30-18-21-11-7-8-12-25(21)31(28(29)35,19-24(30)27(33)34)26(32)20-9-5-4-6-10-20/h3-16,24H,1,17-19H2,(H2-,29,33,34,35)/p+1. The fraction of sp³-hybridized carbons (Fsp3) is 0.143. The number of para-hydroxylation sites is 1. The molecule has 0 aliphatic carbocycles. The van der Waals surface area contributed by atoms with Gasteiger partial charge in [-0.3, -0.25) is 4.79 Å². The Morgan fingerprint density at radius 1 is 1.05 bits per heavy atom. The molecule has 0 radical (unpaired) electrons. The summed E-state index contributed by atoms with van der Waals surface area (Å²) in [6.45, 7) is 2.47. The summed E-state index contributed by atoms with van der Waals surface area (Å²) in [6.07, 6.45) is 1.55. The van der Waals surface area contributed by atoms with Gasteiger partial charge >= 0.3 is 17.9 Å². The number of urea groups is 1. The molecule has 1 aliphatic rings. The lowest BCUT2D eigenvalue weighted by Gasteiger charge is -2.33. The van der Waals surface area contributed by atoms with E-state index in [0.29, 0.717) is 5.75 Å².